The lowest BCUT2D eigenvalue weighted by atomic mass is 10.1. The van der Waals surface area contributed by atoms with E-state index in [4.69, 9.17) is 0 Å². The SMILES string of the molecule is Cc1nnc(SCC(=O)NC[C@@H]2CCN(c3ccccc3C)C2)s1. The Morgan fingerprint density at radius 1 is 1.38 bits per heavy atom. The maximum atomic E-state index is 12.0. The first-order valence-electron chi connectivity index (χ1n) is 8.12. The molecule has 24 heavy (non-hydrogen) atoms. The number of para-hydroxylation sites is 1. The van der Waals surface area contributed by atoms with Gasteiger partial charge >= 0.3 is 0 Å². The fraction of sp³-hybridized carbons (Fsp3) is 0.471. The van der Waals surface area contributed by atoms with Crippen LogP contribution in [0.25, 0.3) is 0 Å². The van der Waals surface area contributed by atoms with Crippen molar-refractivity contribution in [1.82, 2.24) is 15.5 Å². The van der Waals surface area contributed by atoms with Crippen LogP contribution in [0.15, 0.2) is 28.6 Å². The van der Waals surface area contributed by atoms with Crippen LogP contribution in [0.3, 0.4) is 0 Å². The van der Waals surface area contributed by atoms with Crippen LogP contribution in [0.4, 0.5) is 5.69 Å². The highest BCUT2D eigenvalue weighted by Gasteiger charge is 2.23. The fourth-order valence-electron chi connectivity index (χ4n) is 2.91. The summed E-state index contributed by atoms with van der Waals surface area (Å²) < 4.78 is 0.856. The van der Waals surface area contributed by atoms with Crippen molar-refractivity contribution in [1.29, 1.82) is 0 Å². The average Bonchev–Trinajstić information content (AvgIpc) is 3.20. The number of nitrogens with zero attached hydrogens (tertiary/aromatic N) is 3. The molecule has 0 bridgehead atoms. The molecule has 0 saturated carbocycles. The second-order valence-electron chi connectivity index (χ2n) is 6.07. The number of rotatable bonds is 6. The van der Waals surface area contributed by atoms with Crippen molar-refractivity contribution in [2.45, 2.75) is 24.6 Å². The molecule has 3 rings (SSSR count). The molecule has 0 radical (unpaired) electrons. The van der Waals surface area contributed by atoms with Crippen LogP contribution < -0.4 is 10.2 Å². The number of benzene rings is 1. The minimum atomic E-state index is 0.0715. The minimum Gasteiger partial charge on any atom is -0.371 e. The van der Waals surface area contributed by atoms with Gasteiger partial charge in [0, 0.05) is 25.3 Å². The molecule has 1 aromatic carbocycles. The van der Waals surface area contributed by atoms with Gasteiger partial charge in [0.1, 0.15) is 5.01 Å². The monoisotopic (exact) mass is 362 g/mol. The van der Waals surface area contributed by atoms with Gasteiger partial charge in [0.2, 0.25) is 5.91 Å². The highest BCUT2D eigenvalue weighted by atomic mass is 32.2. The van der Waals surface area contributed by atoms with E-state index in [1.54, 1.807) is 0 Å². The summed E-state index contributed by atoms with van der Waals surface area (Å²) in [5.74, 6) is 0.993. The second kappa shape index (κ2) is 7.98. The third kappa shape index (κ3) is 4.48. The summed E-state index contributed by atoms with van der Waals surface area (Å²) in [4.78, 5) is 14.4. The quantitative estimate of drug-likeness (QED) is 0.801. The van der Waals surface area contributed by atoms with Gasteiger partial charge in [-0.3, -0.25) is 4.79 Å². The zero-order valence-corrected chi connectivity index (χ0v) is 15.6. The van der Waals surface area contributed by atoms with Gasteiger partial charge in [0.25, 0.3) is 0 Å². The number of hydrogen-bond acceptors (Lipinski definition) is 6. The molecular weight excluding hydrogens is 340 g/mol. The molecule has 1 amide bonds. The number of nitrogens with one attached hydrogen (secondary N) is 1. The van der Waals surface area contributed by atoms with Gasteiger partial charge in [0.15, 0.2) is 4.34 Å². The van der Waals surface area contributed by atoms with E-state index in [1.165, 1.54) is 34.3 Å². The average molecular weight is 363 g/mol. The lowest BCUT2D eigenvalue weighted by molar-refractivity contribution is -0.118. The van der Waals surface area contributed by atoms with Crippen LogP contribution in [0.1, 0.15) is 17.0 Å². The smallest absolute Gasteiger partial charge is 0.230 e. The number of aromatic nitrogens is 2. The van der Waals surface area contributed by atoms with Crippen molar-refractivity contribution in [3.8, 4) is 0 Å². The Bertz CT molecular complexity index is 703. The van der Waals surface area contributed by atoms with Gasteiger partial charge in [-0.1, -0.05) is 41.3 Å². The summed E-state index contributed by atoms with van der Waals surface area (Å²) in [5.41, 5.74) is 2.62. The summed E-state index contributed by atoms with van der Waals surface area (Å²) in [7, 11) is 0. The molecular formula is C17H22N4OS2. The molecule has 2 aromatic rings. The van der Waals surface area contributed by atoms with E-state index in [0.717, 1.165) is 35.4 Å². The number of hydrogen-bond donors (Lipinski definition) is 1. The van der Waals surface area contributed by atoms with E-state index in [2.05, 4.69) is 51.6 Å². The van der Waals surface area contributed by atoms with Gasteiger partial charge in [0.05, 0.1) is 5.75 Å². The Hall–Kier alpha value is -1.60. The van der Waals surface area contributed by atoms with E-state index in [-0.39, 0.29) is 5.91 Å². The molecule has 0 spiro atoms. The molecule has 0 unspecified atom stereocenters. The topological polar surface area (TPSA) is 58.1 Å². The molecule has 1 aliphatic rings. The minimum absolute atomic E-state index is 0.0715. The molecule has 1 atom stereocenters. The second-order valence-corrected chi connectivity index (χ2v) is 8.47. The number of carbonyl (C=O) groups excluding carboxylic acids is 1. The highest BCUT2D eigenvalue weighted by Crippen LogP contribution is 2.26. The number of anilines is 1. The summed E-state index contributed by atoms with van der Waals surface area (Å²) in [5, 5.41) is 12.0. The van der Waals surface area contributed by atoms with Gasteiger partial charge < -0.3 is 10.2 Å². The number of amides is 1. The Morgan fingerprint density at radius 3 is 2.96 bits per heavy atom. The van der Waals surface area contributed by atoms with E-state index >= 15 is 0 Å². The van der Waals surface area contributed by atoms with E-state index < -0.39 is 0 Å². The van der Waals surface area contributed by atoms with Crippen LogP contribution in [0.5, 0.6) is 0 Å². The van der Waals surface area contributed by atoms with Crippen LogP contribution in [-0.2, 0) is 4.79 Å². The molecule has 2 heterocycles. The lowest BCUT2D eigenvalue weighted by Crippen LogP contribution is -2.32. The third-order valence-corrected chi connectivity index (χ3v) is 6.14. The first-order chi connectivity index (χ1) is 11.6. The van der Waals surface area contributed by atoms with E-state index in [1.807, 2.05) is 6.92 Å². The number of thioether (sulfide) groups is 1. The molecule has 1 aliphatic heterocycles. The van der Waals surface area contributed by atoms with E-state index in [9.17, 15) is 4.79 Å². The van der Waals surface area contributed by atoms with Crippen LogP contribution >= 0.6 is 23.1 Å². The van der Waals surface area contributed by atoms with Gasteiger partial charge in [-0.2, -0.15) is 0 Å². The predicted molar refractivity (Wildman–Crippen MR) is 99.9 cm³/mol. The molecule has 1 saturated heterocycles. The third-order valence-electron chi connectivity index (χ3n) is 4.16. The maximum absolute atomic E-state index is 12.0. The van der Waals surface area contributed by atoms with Gasteiger partial charge in [-0.15, -0.1) is 10.2 Å². The zero-order valence-electron chi connectivity index (χ0n) is 14.0. The summed E-state index contributed by atoms with van der Waals surface area (Å²) in [6.45, 7) is 6.88. The van der Waals surface area contributed by atoms with Crippen LogP contribution in [-0.4, -0.2) is 41.5 Å². The highest BCUT2D eigenvalue weighted by molar-refractivity contribution is 8.01. The summed E-state index contributed by atoms with van der Waals surface area (Å²) in [6, 6.07) is 8.49. The van der Waals surface area contributed by atoms with Crippen molar-refractivity contribution in [2.75, 3.05) is 30.3 Å². The van der Waals surface area contributed by atoms with Crippen molar-refractivity contribution < 1.29 is 4.79 Å². The first-order valence-corrected chi connectivity index (χ1v) is 9.92. The normalized spacial score (nSPS) is 17.2. The maximum Gasteiger partial charge on any atom is 0.230 e. The largest absolute Gasteiger partial charge is 0.371 e. The Morgan fingerprint density at radius 2 is 2.21 bits per heavy atom. The van der Waals surface area contributed by atoms with Crippen molar-refractivity contribution in [3.63, 3.8) is 0 Å². The molecule has 1 fully saturated rings. The Balaban J connectivity index is 1.41. The van der Waals surface area contributed by atoms with Crippen molar-refractivity contribution in [3.05, 3.63) is 34.8 Å². The number of aryl methyl sites for hydroxylation is 2. The van der Waals surface area contributed by atoms with Gasteiger partial charge in [-0.05, 0) is 37.8 Å². The Kier molecular flexibility index (Phi) is 5.73. The summed E-state index contributed by atoms with van der Waals surface area (Å²) >= 11 is 2.98. The molecule has 1 aromatic heterocycles. The number of carbonyl (C=O) groups is 1. The van der Waals surface area contributed by atoms with Crippen molar-refractivity contribution >= 4 is 34.7 Å². The van der Waals surface area contributed by atoms with Crippen LogP contribution in [0.2, 0.25) is 0 Å². The van der Waals surface area contributed by atoms with Crippen LogP contribution in [0, 0.1) is 19.8 Å². The predicted octanol–water partition coefficient (Wildman–Crippen LogP) is 2.89. The standard InChI is InChI=1S/C17H22N4OS2/c1-12-5-3-4-6-15(12)21-8-7-14(10-21)9-18-16(22)11-23-17-20-19-13(2)24-17/h3-6,14H,7-11H2,1-2H3,(H,18,22)/t14-/m0/s1. The lowest BCUT2D eigenvalue weighted by Gasteiger charge is -2.21. The van der Waals surface area contributed by atoms with Crippen molar-refractivity contribution in [2.24, 2.45) is 5.92 Å². The molecule has 5 nitrogen and oxygen atoms in total. The van der Waals surface area contributed by atoms with Gasteiger partial charge in [-0.25, -0.2) is 0 Å². The summed E-state index contributed by atoms with van der Waals surface area (Å²) in [6.07, 6.45) is 1.12. The Labute approximate surface area is 150 Å². The molecule has 1 N–H and O–H groups in total. The van der Waals surface area contributed by atoms with E-state index in [0.29, 0.717) is 11.7 Å². The fourth-order valence-corrected chi connectivity index (χ4v) is 4.56. The zero-order chi connectivity index (χ0) is 16.9. The molecule has 0 aliphatic carbocycles. The first kappa shape index (κ1) is 17.2. The molecule has 128 valence electrons. The molecule has 7 heteroatoms.